The molecule has 0 atom stereocenters. The Labute approximate surface area is 69.9 Å². The highest BCUT2D eigenvalue weighted by molar-refractivity contribution is 7.51. The van der Waals surface area contributed by atoms with E-state index in [-0.39, 0.29) is 24.6 Å². The first kappa shape index (κ1) is 11.4. The Balaban J connectivity index is 3.65. The minimum absolute atomic E-state index is 0.0491. The van der Waals surface area contributed by atoms with E-state index in [1.165, 1.54) is 0 Å². The normalized spacial score (nSPS) is 11.2. The summed E-state index contributed by atoms with van der Waals surface area (Å²) in [4.78, 5) is 26.8. The standard InChI is InChI=1S/C6H11O5P/c1-5(6(7)8)3-2-4-12(9,10)11/h1-4H2,(H,7,8)(H2,9,10,11)/p-1. The van der Waals surface area contributed by atoms with E-state index in [0.717, 1.165) is 0 Å². The number of carboxylic acid groups (broad SMARTS) is 1. The van der Waals surface area contributed by atoms with Gasteiger partial charge in [-0.1, -0.05) is 6.58 Å². The highest BCUT2D eigenvalue weighted by Gasteiger charge is 2.11. The molecule has 12 heavy (non-hydrogen) atoms. The van der Waals surface area contributed by atoms with Gasteiger partial charge in [0, 0.05) is 0 Å². The van der Waals surface area contributed by atoms with E-state index in [2.05, 4.69) is 6.58 Å². The molecule has 2 N–H and O–H groups in total. The summed E-state index contributed by atoms with van der Waals surface area (Å²) in [6.07, 6.45) is -0.163. The molecular weight excluding hydrogens is 183 g/mol. The summed E-state index contributed by atoms with van der Waals surface area (Å²) in [5.74, 6) is -1.37. The number of hydrogen-bond acceptors (Lipinski definition) is 3. The number of carbonyl (C=O) groups is 1. The van der Waals surface area contributed by atoms with E-state index >= 15 is 0 Å². The molecule has 0 heterocycles. The van der Waals surface area contributed by atoms with Gasteiger partial charge in [-0.2, -0.15) is 0 Å². The monoisotopic (exact) mass is 193 g/mol. The van der Waals surface area contributed by atoms with Crippen molar-refractivity contribution in [2.75, 3.05) is 6.16 Å². The lowest BCUT2D eigenvalue weighted by Crippen LogP contribution is -2.23. The summed E-state index contributed by atoms with van der Waals surface area (Å²) in [6, 6.07) is 0. The van der Waals surface area contributed by atoms with Crippen LogP contribution in [0.4, 0.5) is 0 Å². The van der Waals surface area contributed by atoms with Crippen LogP contribution in [0.25, 0.3) is 0 Å². The maximum absolute atomic E-state index is 10.3. The SMILES string of the molecule is C=C(CCCP(=O)(O)O)C(=O)[O-]. The molecule has 0 fully saturated rings. The molecule has 0 aromatic rings. The molecular formula is C6H10O5P-. The number of carboxylic acids is 1. The van der Waals surface area contributed by atoms with Gasteiger partial charge < -0.3 is 19.7 Å². The van der Waals surface area contributed by atoms with Crippen molar-refractivity contribution in [1.82, 2.24) is 0 Å². The Bertz CT molecular complexity index is 228. The average molecular weight is 193 g/mol. The lowest BCUT2D eigenvalue weighted by atomic mass is 10.2. The van der Waals surface area contributed by atoms with E-state index in [1.54, 1.807) is 0 Å². The third-order valence-electron chi connectivity index (χ3n) is 1.22. The van der Waals surface area contributed by atoms with Crippen LogP contribution in [0.5, 0.6) is 0 Å². The summed E-state index contributed by atoms with van der Waals surface area (Å²) in [5.41, 5.74) is -0.136. The molecule has 0 aliphatic heterocycles. The first-order chi connectivity index (χ1) is 5.33. The van der Waals surface area contributed by atoms with Crippen molar-refractivity contribution >= 4 is 13.6 Å². The Morgan fingerprint density at radius 3 is 2.33 bits per heavy atom. The topological polar surface area (TPSA) is 97.7 Å². The van der Waals surface area contributed by atoms with Crippen molar-refractivity contribution in [1.29, 1.82) is 0 Å². The van der Waals surface area contributed by atoms with E-state index in [4.69, 9.17) is 9.79 Å². The molecule has 5 nitrogen and oxygen atoms in total. The van der Waals surface area contributed by atoms with Gasteiger partial charge in [-0.3, -0.25) is 4.57 Å². The van der Waals surface area contributed by atoms with Gasteiger partial charge in [0.05, 0.1) is 12.1 Å². The fourth-order valence-corrected chi connectivity index (χ4v) is 1.17. The lowest BCUT2D eigenvalue weighted by molar-refractivity contribution is -0.299. The Morgan fingerprint density at radius 2 is 2.00 bits per heavy atom. The summed E-state index contributed by atoms with van der Waals surface area (Å²) in [7, 11) is -4.01. The number of hydrogen-bond donors (Lipinski definition) is 2. The second kappa shape index (κ2) is 4.40. The molecule has 0 unspecified atom stereocenters. The summed E-state index contributed by atoms with van der Waals surface area (Å²) in [5, 5.41) is 10.1. The van der Waals surface area contributed by atoms with E-state index < -0.39 is 13.6 Å². The second-order valence-electron chi connectivity index (χ2n) is 2.38. The molecule has 0 aromatic carbocycles. The Hall–Kier alpha value is -0.640. The quantitative estimate of drug-likeness (QED) is 0.442. The maximum atomic E-state index is 10.3. The molecule has 70 valence electrons. The summed E-state index contributed by atoms with van der Waals surface area (Å²) in [6.45, 7) is 3.16. The zero-order valence-electron chi connectivity index (χ0n) is 6.39. The van der Waals surface area contributed by atoms with Gasteiger partial charge in [-0.15, -0.1) is 0 Å². The van der Waals surface area contributed by atoms with Crippen LogP contribution in [-0.2, 0) is 9.36 Å². The van der Waals surface area contributed by atoms with E-state index in [1.807, 2.05) is 0 Å². The van der Waals surface area contributed by atoms with Crippen molar-refractivity contribution in [3.63, 3.8) is 0 Å². The lowest BCUT2D eigenvalue weighted by Gasteiger charge is -2.06. The molecule has 6 heteroatoms. The molecule has 0 saturated carbocycles. The van der Waals surface area contributed by atoms with Crippen molar-refractivity contribution in [3.05, 3.63) is 12.2 Å². The zero-order chi connectivity index (χ0) is 9.78. The van der Waals surface area contributed by atoms with Crippen molar-refractivity contribution in [2.24, 2.45) is 0 Å². The van der Waals surface area contributed by atoms with Gasteiger partial charge in [0.25, 0.3) is 0 Å². The van der Waals surface area contributed by atoms with Crippen LogP contribution in [0.2, 0.25) is 0 Å². The van der Waals surface area contributed by atoms with Gasteiger partial charge in [0.2, 0.25) is 0 Å². The fraction of sp³-hybridized carbons (Fsp3) is 0.500. The molecule has 0 rings (SSSR count). The minimum Gasteiger partial charge on any atom is -0.545 e. The van der Waals surface area contributed by atoms with E-state index in [0.29, 0.717) is 0 Å². The van der Waals surface area contributed by atoms with Crippen molar-refractivity contribution in [2.45, 2.75) is 12.8 Å². The molecule has 0 aliphatic carbocycles. The maximum Gasteiger partial charge on any atom is 0.325 e. The Kier molecular flexibility index (Phi) is 4.17. The smallest absolute Gasteiger partial charge is 0.325 e. The minimum atomic E-state index is -4.01. The molecule has 0 bridgehead atoms. The molecule has 0 radical (unpaired) electrons. The number of aliphatic carboxylic acids is 1. The first-order valence-corrected chi connectivity index (χ1v) is 5.06. The third kappa shape index (κ3) is 6.09. The molecule has 0 spiro atoms. The third-order valence-corrected chi connectivity index (χ3v) is 2.12. The van der Waals surface area contributed by atoms with Crippen LogP contribution < -0.4 is 5.11 Å². The number of carbonyl (C=O) groups excluding carboxylic acids is 1. The molecule has 0 aliphatic rings. The average Bonchev–Trinajstić information content (AvgIpc) is 1.84. The van der Waals surface area contributed by atoms with Gasteiger partial charge in [0.1, 0.15) is 0 Å². The Morgan fingerprint density at radius 1 is 1.50 bits per heavy atom. The highest BCUT2D eigenvalue weighted by Crippen LogP contribution is 2.35. The van der Waals surface area contributed by atoms with Crippen LogP contribution in [0.3, 0.4) is 0 Å². The predicted molar refractivity (Wildman–Crippen MR) is 40.3 cm³/mol. The fourth-order valence-electron chi connectivity index (χ4n) is 0.600. The van der Waals surface area contributed by atoms with Crippen LogP contribution in [0.15, 0.2) is 12.2 Å². The first-order valence-electron chi connectivity index (χ1n) is 3.26. The zero-order valence-corrected chi connectivity index (χ0v) is 7.29. The molecule has 0 amide bonds. The summed E-state index contributed by atoms with van der Waals surface area (Å²) < 4.78 is 10.3. The van der Waals surface area contributed by atoms with Crippen molar-refractivity contribution < 1.29 is 24.3 Å². The van der Waals surface area contributed by atoms with Crippen LogP contribution >= 0.6 is 7.60 Å². The molecule has 0 saturated heterocycles. The van der Waals surface area contributed by atoms with Gasteiger partial charge in [-0.25, -0.2) is 0 Å². The van der Waals surface area contributed by atoms with E-state index in [9.17, 15) is 14.5 Å². The van der Waals surface area contributed by atoms with Crippen LogP contribution in [0.1, 0.15) is 12.8 Å². The molecule has 0 aromatic heterocycles. The number of rotatable bonds is 5. The van der Waals surface area contributed by atoms with Crippen LogP contribution in [0, 0.1) is 0 Å². The predicted octanol–water partition coefficient (Wildman–Crippen LogP) is -0.750. The largest absolute Gasteiger partial charge is 0.545 e. The van der Waals surface area contributed by atoms with Gasteiger partial charge in [-0.05, 0) is 18.4 Å². The second-order valence-corrected chi connectivity index (χ2v) is 4.16. The summed E-state index contributed by atoms with van der Waals surface area (Å²) >= 11 is 0. The van der Waals surface area contributed by atoms with Gasteiger partial charge >= 0.3 is 7.60 Å². The van der Waals surface area contributed by atoms with Gasteiger partial charge in [0.15, 0.2) is 0 Å². The highest BCUT2D eigenvalue weighted by atomic mass is 31.2. The van der Waals surface area contributed by atoms with Crippen LogP contribution in [-0.4, -0.2) is 21.9 Å². The van der Waals surface area contributed by atoms with Crippen molar-refractivity contribution in [3.8, 4) is 0 Å².